The molecule has 0 saturated carbocycles. The standard InChI is InChI=1S/C17H29N3O/c1-12(2)20-13(3)10-16(14(20)4)17(21)19-8-6-15(7-9-19)11-18-5/h10,12,15,18H,6-9,11H2,1-5H3. The fraction of sp³-hybridized carbons (Fsp3) is 0.706. The second-order valence-electron chi connectivity index (χ2n) is 6.54. The normalized spacial score (nSPS) is 16.8. The summed E-state index contributed by atoms with van der Waals surface area (Å²) in [4.78, 5) is 14.8. The minimum atomic E-state index is 0.206. The van der Waals surface area contributed by atoms with E-state index in [0.29, 0.717) is 12.0 Å². The van der Waals surface area contributed by atoms with Gasteiger partial charge in [0.1, 0.15) is 0 Å². The van der Waals surface area contributed by atoms with E-state index >= 15 is 0 Å². The third-order valence-electron chi connectivity index (χ3n) is 4.63. The highest BCUT2D eigenvalue weighted by molar-refractivity contribution is 5.95. The number of nitrogens with zero attached hydrogens (tertiary/aromatic N) is 2. The van der Waals surface area contributed by atoms with Crippen molar-refractivity contribution in [3.63, 3.8) is 0 Å². The molecular weight excluding hydrogens is 262 g/mol. The van der Waals surface area contributed by atoms with Crippen LogP contribution in [0.4, 0.5) is 0 Å². The molecule has 2 heterocycles. The van der Waals surface area contributed by atoms with Crippen molar-refractivity contribution in [2.24, 2.45) is 5.92 Å². The van der Waals surface area contributed by atoms with E-state index in [1.807, 2.05) is 11.9 Å². The molecule has 0 aromatic carbocycles. The number of likely N-dealkylation sites (tertiary alicyclic amines) is 1. The zero-order valence-electron chi connectivity index (χ0n) is 14.1. The minimum absolute atomic E-state index is 0.206. The summed E-state index contributed by atoms with van der Waals surface area (Å²) in [6, 6.07) is 2.45. The van der Waals surface area contributed by atoms with Crippen molar-refractivity contribution in [3.8, 4) is 0 Å². The van der Waals surface area contributed by atoms with Crippen molar-refractivity contribution in [2.75, 3.05) is 26.7 Å². The molecule has 2 rings (SSSR count). The summed E-state index contributed by atoms with van der Waals surface area (Å²) in [5.74, 6) is 0.917. The number of aryl methyl sites for hydroxylation is 1. The second-order valence-corrected chi connectivity index (χ2v) is 6.54. The average molecular weight is 291 g/mol. The Morgan fingerprint density at radius 2 is 1.95 bits per heavy atom. The molecule has 4 heteroatoms. The largest absolute Gasteiger partial charge is 0.346 e. The van der Waals surface area contributed by atoms with Gasteiger partial charge in [-0.15, -0.1) is 0 Å². The maximum atomic E-state index is 12.8. The Morgan fingerprint density at radius 3 is 2.43 bits per heavy atom. The van der Waals surface area contributed by atoms with Crippen LogP contribution in [0.3, 0.4) is 0 Å². The van der Waals surface area contributed by atoms with Crippen molar-refractivity contribution < 1.29 is 4.79 Å². The highest BCUT2D eigenvalue weighted by Crippen LogP contribution is 2.24. The summed E-state index contributed by atoms with van der Waals surface area (Å²) in [6.07, 6.45) is 2.21. The fourth-order valence-corrected chi connectivity index (χ4v) is 3.59. The third kappa shape index (κ3) is 3.31. The number of rotatable bonds is 4. The smallest absolute Gasteiger partial charge is 0.255 e. The molecule has 0 unspecified atom stereocenters. The van der Waals surface area contributed by atoms with Crippen LogP contribution in [0.5, 0.6) is 0 Å². The molecule has 1 saturated heterocycles. The molecule has 1 N–H and O–H groups in total. The molecule has 1 amide bonds. The Kier molecular flexibility index (Phi) is 5.09. The lowest BCUT2D eigenvalue weighted by Gasteiger charge is -2.32. The summed E-state index contributed by atoms with van der Waals surface area (Å²) in [6.45, 7) is 11.3. The highest BCUT2D eigenvalue weighted by Gasteiger charge is 2.26. The van der Waals surface area contributed by atoms with Gasteiger partial charge < -0.3 is 14.8 Å². The van der Waals surface area contributed by atoms with Crippen molar-refractivity contribution in [1.29, 1.82) is 0 Å². The summed E-state index contributed by atoms with van der Waals surface area (Å²) >= 11 is 0. The monoisotopic (exact) mass is 291 g/mol. The number of hydrogen-bond donors (Lipinski definition) is 1. The molecule has 1 fully saturated rings. The van der Waals surface area contributed by atoms with Gasteiger partial charge in [-0.3, -0.25) is 4.79 Å². The SMILES string of the molecule is CNCC1CCN(C(=O)c2cc(C)n(C(C)C)c2C)CC1. The predicted molar refractivity (Wildman–Crippen MR) is 86.8 cm³/mol. The Morgan fingerprint density at radius 1 is 1.33 bits per heavy atom. The van der Waals surface area contributed by atoms with Gasteiger partial charge in [0, 0.05) is 30.5 Å². The summed E-state index contributed by atoms with van der Waals surface area (Å²) < 4.78 is 2.25. The minimum Gasteiger partial charge on any atom is -0.346 e. The summed E-state index contributed by atoms with van der Waals surface area (Å²) in [5.41, 5.74) is 3.16. The van der Waals surface area contributed by atoms with Crippen LogP contribution in [-0.2, 0) is 0 Å². The molecule has 0 atom stereocenters. The fourth-order valence-electron chi connectivity index (χ4n) is 3.59. The van der Waals surface area contributed by atoms with Gasteiger partial charge in [0.25, 0.3) is 5.91 Å². The van der Waals surface area contributed by atoms with E-state index < -0.39 is 0 Å². The predicted octanol–water partition coefficient (Wildman–Crippen LogP) is 2.76. The van der Waals surface area contributed by atoms with Gasteiger partial charge in [0.2, 0.25) is 0 Å². The molecule has 4 nitrogen and oxygen atoms in total. The Labute approximate surface area is 128 Å². The second kappa shape index (κ2) is 6.65. The first-order valence-corrected chi connectivity index (χ1v) is 8.08. The highest BCUT2D eigenvalue weighted by atomic mass is 16.2. The van der Waals surface area contributed by atoms with E-state index in [2.05, 4.69) is 43.6 Å². The lowest BCUT2D eigenvalue weighted by Crippen LogP contribution is -2.40. The lowest BCUT2D eigenvalue weighted by atomic mass is 9.96. The van der Waals surface area contributed by atoms with Crippen molar-refractivity contribution >= 4 is 5.91 Å². The first-order valence-electron chi connectivity index (χ1n) is 8.08. The zero-order chi connectivity index (χ0) is 15.6. The van der Waals surface area contributed by atoms with Gasteiger partial charge in [-0.1, -0.05) is 0 Å². The van der Waals surface area contributed by atoms with E-state index in [-0.39, 0.29) is 5.91 Å². The van der Waals surface area contributed by atoms with Crippen LogP contribution in [0.25, 0.3) is 0 Å². The number of hydrogen-bond acceptors (Lipinski definition) is 2. The van der Waals surface area contributed by atoms with Gasteiger partial charge in [-0.05, 0) is 66.1 Å². The summed E-state index contributed by atoms with van der Waals surface area (Å²) in [5, 5.41) is 3.24. The number of nitrogens with one attached hydrogen (secondary N) is 1. The van der Waals surface area contributed by atoms with E-state index in [9.17, 15) is 4.79 Å². The first-order chi connectivity index (χ1) is 9.95. The topological polar surface area (TPSA) is 37.3 Å². The number of carbonyl (C=O) groups excluding carboxylic acids is 1. The van der Waals surface area contributed by atoms with Crippen molar-refractivity contribution in [3.05, 3.63) is 23.0 Å². The quantitative estimate of drug-likeness (QED) is 0.926. The zero-order valence-corrected chi connectivity index (χ0v) is 14.1. The van der Waals surface area contributed by atoms with Crippen LogP contribution in [-0.4, -0.2) is 42.1 Å². The van der Waals surface area contributed by atoms with Crippen LogP contribution in [0.2, 0.25) is 0 Å². The van der Waals surface area contributed by atoms with E-state index in [0.717, 1.165) is 43.7 Å². The molecule has 1 aromatic rings. The van der Waals surface area contributed by atoms with Crippen LogP contribution in [0.15, 0.2) is 6.07 Å². The van der Waals surface area contributed by atoms with E-state index in [4.69, 9.17) is 0 Å². The molecule has 1 aliphatic rings. The van der Waals surface area contributed by atoms with Crippen LogP contribution < -0.4 is 5.32 Å². The number of carbonyl (C=O) groups is 1. The van der Waals surface area contributed by atoms with E-state index in [1.165, 1.54) is 5.69 Å². The van der Waals surface area contributed by atoms with Gasteiger partial charge in [-0.2, -0.15) is 0 Å². The molecule has 0 spiro atoms. The Balaban J connectivity index is 2.10. The number of amides is 1. The van der Waals surface area contributed by atoms with Gasteiger partial charge >= 0.3 is 0 Å². The maximum absolute atomic E-state index is 12.8. The summed E-state index contributed by atoms with van der Waals surface area (Å²) in [7, 11) is 2.00. The van der Waals surface area contributed by atoms with Gasteiger partial charge in [0.05, 0.1) is 5.56 Å². The third-order valence-corrected chi connectivity index (χ3v) is 4.63. The average Bonchev–Trinajstić information content (AvgIpc) is 2.74. The molecular formula is C17H29N3O. The van der Waals surface area contributed by atoms with Crippen molar-refractivity contribution in [2.45, 2.75) is 46.6 Å². The molecule has 0 bridgehead atoms. The number of aromatic nitrogens is 1. The Bertz CT molecular complexity index is 496. The van der Waals surface area contributed by atoms with Crippen LogP contribution in [0.1, 0.15) is 54.5 Å². The molecule has 0 radical (unpaired) electrons. The van der Waals surface area contributed by atoms with Crippen LogP contribution in [0, 0.1) is 19.8 Å². The van der Waals surface area contributed by atoms with Crippen molar-refractivity contribution in [1.82, 2.24) is 14.8 Å². The maximum Gasteiger partial charge on any atom is 0.255 e. The first kappa shape index (κ1) is 16.1. The lowest BCUT2D eigenvalue weighted by molar-refractivity contribution is 0.0690. The molecule has 0 aliphatic carbocycles. The van der Waals surface area contributed by atoms with Gasteiger partial charge in [0.15, 0.2) is 0 Å². The molecule has 118 valence electrons. The number of piperidine rings is 1. The molecule has 1 aliphatic heterocycles. The Hall–Kier alpha value is -1.29. The molecule has 21 heavy (non-hydrogen) atoms. The van der Waals surface area contributed by atoms with Gasteiger partial charge in [-0.25, -0.2) is 0 Å². The van der Waals surface area contributed by atoms with E-state index in [1.54, 1.807) is 0 Å². The van der Waals surface area contributed by atoms with Crippen LogP contribution >= 0.6 is 0 Å². The molecule has 1 aromatic heterocycles.